The SMILES string of the molecule is CCOc1ccccc1N1CCN([C@H](C)C(=O)Nc2ccccc2C#N)CC1. The first-order chi connectivity index (χ1) is 13.6. The maximum absolute atomic E-state index is 12.7. The molecule has 0 aromatic heterocycles. The number of anilines is 2. The second-order valence-corrected chi connectivity index (χ2v) is 6.75. The summed E-state index contributed by atoms with van der Waals surface area (Å²) in [5.41, 5.74) is 2.13. The summed E-state index contributed by atoms with van der Waals surface area (Å²) in [5, 5.41) is 12.1. The third-order valence-corrected chi connectivity index (χ3v) is 5.05. The Hall–Kier alpha value is -3.04. The number of ether oxygens (including phenoxy) is 1. The third kappa shape index (κ3) is 4.44. The molecule has 0 bridgehead atoms. The zero-order valence-electron chi connectivity index (χ0n) is 16.4. The number of piperazine rings is 1. The number of para-hydroxylation sites is 3. The van der Waals surface area contributed by atoms with Gasteiger partial charge in [0.05, 0.1) is 29.6 Å². The van der Waals surface area contributed by atoms with E-state index in [2.05, 4.69) is 27.3 Å². The number of amides is 1. The van der Waals surface area contributed by atoms with Crippen LogP contribution >= 0.6 is 0 Å². The smallest absolute Gasteiger partial charge is 0.241 e. The van der Waals surface area contributed by atoms with Crippen molar-refractivity contribution in [2.75, 3.05) is 43.0 Å². The highest BCUT2D eigenvalue weighted by atomic mass is 16.5. The first kappa shape index (κ1) is 19.7. The highest BCUT2D eigenvalue weighted by molar-refractivity contribution is 5.95. The van der Waals surface area contributed by atoms with Crippen LogP contribution in [0.25, 0.3) is 0 Å². The summed E-state index contributed by atoms with van der Waals surface area (Å²) in [6, 6.07) is 17.0. The predicted octanol–water partition coefficient (Wildman–Crippen LogP) is 3.11. The second-order valence-electron chi connectivity index (χ2n) is 6.75. The average molecular weight is 378 g/mol. The van der Waals surface area contributed by atoms with Crippen molar-refractivity contribution in [1.29, 1.82) is 5.26 Å². The highest BCUT2D eigenvalue weighted by Crippen LogP contribution is 2.29. The van der Waals surface area contributed by atoms with E-state index in [-0.39, 0.29) is 11.9 Å². The van der Waals surface area contributed by atoms with E-state index in [9.17, 15) is 10.1 Å². The first-order valence-electron chi connectivity index (χ1n) is 9.65. The molecule has 0 aliphatic carbocycles. The van der Waals surface area contributed by atoms with Crippen molar-refractivity contribution < 1.29 is 9.53 Å². The third-order valence-electron chi connectivity index (χ3n) is 5.05. The maximum atomic E-state index is 12.7. The number of carbonyl (C=O) groups excluding carboxylic acids is 1. The zero-order chi connectivity index (χ0) is 19.9. The molecule has 0 unspecified atom stereocenters. The van der Waals surface area contributed by atoms with E-state index in [1.807, 2.05) is 38.1 Å². The van der Waals surface area contributed by atoms with Gasteiger partial charge in [-0.2, -0.15) is 5.26 Å². The van der Waals surface area contributed by atoms with Crippen LogP contribution in [0.4, 0.5) is 11.4 Å². The zero-order valence-corrected chi connectivity index (χ0v) is 16.4. The number of rotatable bonds is 6. The van der Waals surface area contributed by atoms with Gasteiger partial charge in [0.1, 0.15) is 11.8 Å². The molecule has 1 fully saturated rings. The molecule has 1 aliphatic heterocycles. The lowest BCUT2D eigenvalue weighted by Crippen LogP contribution is -2.53. The van der Waals surface area contributed by atoms with Crippen LogP contribution in [0.2, 0.25) is 0 Å². The summed E-state index contributed by atoms with van der Waals surface area (Å²) in [7, 11) is 0. The molecule has 2 aromatic rings. The lowest BCUT2D eigenvalue weighted by atomic mass is 10.1. The van der Waals surface area contributed by atoms with Gasteiger partial charge in [0.15, 0.2) is 0 Å². The van der Waals surface area contributed by atoms with Crippen LogP contribution in [0.3, 0.4) is 0 Å². The average Bonchev–Trinajstić information content (AvgIpc) is 2.74. The van der Waals surface area contributed by atoms with Crippen molar-refractivity contribution >= 4 is 17.3 Å². The Kier molecular flexibility index (Phi) is 6.51. The minimum absolute atomic E-state index is 0.0918. The quantitative estimate of drug-likeness (QED) is 0.836. The lowest BCUT2D eigenvalue weighted by molar-refractivity contribution is -0.120. The Morgan fingerprint density at radius 2 is 1.82 bits per heavy atom. The molecular weight excluding hydrogens is 352 g/mol. The summed E-state index contributed by atoms with van der Waals surface area (Å²) in [5.74, 6) is 0.809. The number of benzene rings is 2. The fraction of sp³-hybridized carbons (Fsp3) is 0.364. The molecule has 146 valence electrons. The minimum Gasteiger partial charge on any atom is -0.492 e. The molecule has 2 aromatic carbocycles. The Morgan fingerprint density at radius 1 is 1.14 bits per heavy atom. The Balaban J connectivity index is 1.60. The maximum Gasteiger partial charge on any atom is 0.241 e. The molecule has 28 heavy (non-hydrogen) atoms. The van der Waals surface area contributed by atoms with E-state index in [0.29, 0.717) is 17.9 Å². The topological polar surface area (TPSA) is 68.6 Å². The monoisotopic (exact) mass is 378 g/mol. The molecule has 0 spiro atoms. The fourth-order valence-electron chi connectivity index (χ4n) is 3.44. The van der Waals surface area contributed by atoms with E-state index in [1.54, 1.807) is 18.2 Å². The van der Waals surface area contributed by atoms with Crippen molar-refractivity contribution in [2.45, 2.75) is 19.9 Å². The number of hydrogen-bond donors (Lipinski definition) is 1. The summed E-state index contributed by atoms with van der Waals surface area (Å²) >= 11 is 0. The number of carbonyl (C=O) groups is 1. The van der Waals surface area contributed by atoms with E-state index in [1.165, 1.54) is 0 Å². The van der Waals surface area contributed by atoms with E-state index in [0.717, 1.165) is 37.6 Å². The fourth-order valence-corrected chi connectivity index (χ4v) is 3.44. The van der Waals surface area contributed by atoms with Gasteiger partial charge >= 0.3 is 0 Å². The van der Waals surface area contributed by atoms with Crippen LogP contribution in [-0.2, 0) is 4.79 Å². The normalized spacial score (nSPS) is 15.5. The number of nitrogens with one attached hydrogen (secondary N) is 1. The second kappa shape index (κ2) is 9.25. The molecule has 0 saturated carbocycles. The van der Waals surface area contributed by atoms with Crippen LogP contribution in [0, 0.1) is 11.3 Å². The van der Waals surface area contributed by atoms with Gasteiger partial charge in [0.25, 0.3) is 0 Å². The van der Waals surface area contributed by atoms with Crippen LogP contribution < -0.4 is 15.0 Å². The minimum atomic E-state index is -0.268. The molecule has 0 radical (unpaired) electrons. The van der Waals surface area contributed by atoms with Crippen molar-refractivity contribution in [3.05, 3.63) is 54.1 Å². The Labute approximate surface area is 166 Å². The van der Waals surface area contributed by atoms with Crippen molar-refractivity contribution in [1.82, 2.24) is 4.90 Å². The molecular formula is C22H26N4O2. The molecule has 1 N–H and O–H groups in total. The van der Waals surface area contributed by atoms with Gasteiger partial charge in [-0.1, -0.05) is 24.3 Å². The Bertz CT molecular complexity index is 854. The van der Waals surface area contributed by atoms with Gasteiger partial charge in [0.2, 0.25) is 5.91 Å². The predicted molar refractivity (Wildman–Crippen MR) is 111 cm³/mol. The molecule has 1 saturated heterocycles. The highest BCUT2D eigenvalue weighted by Gasteiger charge is 2.27. The van der Waals surface area contributed by atoms with Gasteiger partial charge in [-0.15, -0.1) is 0 Å². The summed E-state index contributed by atoms with van der Waals surface area (Å²) in [6.45, 7) is 7.77. The lowest BCUT2D eigenvalue weighted by Gasteiger charge is -2.39. The number of nitrogens with zero attached hydrogens (tertiary/aromatic N) is 3. The van der Waals surface area contributed by atoms with Gasteiger partial charge in [0, 0.05) is 26.2 Å². The van der Waals surface area contributed by atoms with E-state index >= 15 is 0 Å². The number of nitriles is 1. The van der Waals surface area contributed by atoms with Crippen LogP contribution in [-0.4, -0.2) is 49.6 Å². The standard InChI is InChI=1S/C22H26N4O2/c1-3-28-21-11-7-6-10-20(21)26-14-12-25(13-15-26)17(2)22(27)24-19-9-5-4-8-18(19)16-23/h4-11,17H,3,12-15H2,1-2H3,(H,24,27)/t17-/m1/s1. The molecule has 1 amide bonds. The molecule has 6 nitrogen and oxygen atoms in total. The van der Waals surface area contributed by atoms with Gasteiger partial charge in [-0.25, -0.2) is 0 Å². The van der Waals surface area contributed by atoms with Gasteiger partial charge < -0.3 is 15.0 Å². The van der Waals surface area contributed by atoms with E-state index < -0.39 is 0 Å². The molecule has 1 heterocycles. The Morgan fingerprint density at radius 3 is 2.54 bits per heavy atom. The van der Waals surface area contributed by atoms with Gasteiger partial charge in [-0.05, 0) is 38.1 Å². The molecule has 3 rings (SSSR count). The van der Waals surface area contributed by atoms with Gasteiger partial charge in [-0.3, -0.25) is 9.69 Å². The largest absolute Gasteiger partial charge is 0.492 e. The summed E-state index contributed by atoms with van der Waals surface area (Å²) < 4.78 is 5.75. The van der Waals surface area contributed by atoms with E-state index in [4.69, 9.17) is 4.74 Å². The molecule has 6 heteroatoms. The molecule has 1 aliphatic rings. The summed E-state index contributed by atoms with van der Waals surface area (Å²) in [6.07, 6.45) is 0. The molecule has 1 atom stereocenters. The van der Waals surface area contributed by atoms with Crippen LogP contribution in [0.1, 0.15) is 19.4 Å². The number of hydrogen-bond acceptors (Lipinski definition) is 5. The first-order valence-corrected chi connectivity index (χ1v) is 9.65. The van der Waals surface area contributed by atoms with Crippen LogP contribution in [0.15, 0.2) is 48.5 Å². The van der Waals surface area contributed by atoms with Crippen molar-refractivity contribution in [3.8, 4) is 11.8 Å². The van der Waals surface area contributed by atoms with Crippen molar-refractivity contribution in [2.24, 2.45) is 0 Å². The van der Waals surface area contributed by atoms with Crippen molar-refractivity contribution in [3.63, 3.8) is 0 Å². The van der Waals surface area contributed by atoms with Crippen LogP contribution in [0.5, 0.6) is 5.75 Å². The summed E-state index contributed by atoms with van der Waals surface area (Å²) in [4.78, 5) is 17.1.